The van der Waals surface area contributed by atoms with Gasteiger partial charge < -0.3 is 15.4 Å². The molecular weight excluding hydrogens is 385 g/mol. The standard InChI is InChI=1S/C21H15F3N2O3/c22-21(23,24)29-18-9-5-4-8-17(18)26-20(28)15-10-12-16(13-11-15)25-19(27)14-6-2-1-3-7-14/h1-13H,(H,25,27)(H,26,28). The van der Waals surface area contributed by atoms with Crippen LogP contribution in [0.4, 0.5) is 24.5 Å². The van der Waals surface area contributed by atoms with Gasteiger partial charge in [0.1, 0.15) is 0 Å². The first kappa shape index (κ1) is 19.9. The normalized spacial score (nSPS) is 10.9. The summed E-state index contributed by atoms with van der Waals surface area (Å²) in [6.07, 6.45) is -4.88. The Labute approximate surface area is 164 Å². The number of hydrogen-bond donors (Lipinski definition) is 2. The van der Waals surface area contributed by atoms with Gasteiger partial charge in [-0.1, -0.05) is 30.3 Å². The van der Waals surface area contributed by atoms with E-state index in [1.54, 1.807) is 30.3 Å². The molecule has 2 amide bonds. The number of ether oxygens (including phenoxy) is 1. The van der Waals surface area contributed by atoms with Crippen LogP contribution in [-0.4, -0.2) is 18.2 Å². The number of para-hydroxylation sites is 2. The molecule has 8 heteroatoms. The summed E-state index contributed by atoms with van der Waals surface area (Å²) >= 11 is 0. The predicted molar refractivity (Wildman–Crippen MR) is 102 cm³/mol. The van der Waals surface area contributed by atoms with E-state index in [0.717, 1.165) is 6.07 Å². The number of carbonyl (C=O) groups excluding carboxylic acids is 2. The van der Waals surface area contributed by atoms with E-state index in [4.69, 9.17) is 0 Å². The lowest BCUT2D eigenvalue weighted by atomic mass is 10.1. The summed E-state index contributed by atoms with van der Waals surface area (Å²) in [5.74, 6) is -1.44. The van der Waals surface area contributed by atoms with Gasteiger partial charge in [0.25, 0.3) is 11.8 Å². The third-order valence-electron chi connectivity index (χ3n) is 3.80. The van der Waals surface area contributed by atoms with Crippen LogP contribution in [0.3, 0.4) is 0 Å². The fraction of sp³-hybridized carbons (Fsp3) is 0.0476. The van der Waals surface area contributed by atoms with Crippen LogP contribution in [0.15, 0.2) is 78.9 Å². The van der Waals surface area contributed by atoms with Gasteiger partial charge in [0.15, 0.2) is 5.75 Å². The topological polar surface area (TPSA) is 67.4 Å². The monoisotopic (exact) mass is 400 g/mol. The number of anilines is 2. The molecule has 0 atom stereocenters. The van der Waals surface area contributed by atoms with E-state index >= 15 is 0 Å². The molecule has 0 aliphatic carbocycles. The Morgan fingerprint density at radius 2 is 1.24 bits per heavy atom. The van der Waals surface area contributed by atoms with Gasteiger partial charge >= 0.3 is 6.36 Å². The van der Waals surface area contributed by atoms with E-state index in [9.17, 15) is 22.8 Å². The van der Waals surface area contributed by atoms with Crippen LogP contribution in [0.5, 0.6) is 5.75 Å². The molecule has 29 heavy (non-hydrogen) atoms. The Kier molecular flexibility index (Phi) is 5.82. The average molecular weight is 400 g/mol. The summed E-state index contributed by atoms with van der Waals surface area (Å²) in [6.45, 7) is 0. The highest BCUT2D eigenvalue weighted by Crippen LogP contribution is 2.30. The van der Waals surface area contributed by atoms with Crippen LogP contribution in [0, 0.1) is 0 Å². The molecule has 3 aromatic carbocycles. The second-order valence-corrected chi connectivity index (χ2v) is 5.90. The van der Waals surface area contributed by atoms with Crippen molar-refractivity contribution in [3.63, 3.8) is 0 Å². The van der Waals surface area contributed by atoms with Crippen molar-refractivity contribution in [2.24, 2.45) is 0 Å². The summed E-state index contributed by atoms with van der Waals surface area (Å²) in [5, 5.41) is 5.08. The molecule has 0 heterocycles. The number of halogens is 3. The second-order valence-electron chi connectivity index (χ2n) is 5.90. The van der Waals surface area contributed by atoms with Crippen LogP contribution in [0.2, 0.25) is 0 Å². The number of amides is 2. The zero-order valence-corrected chi connectivity index (χ0v) is 14.9. The lowest BCUT2D eigenvalue weighted by Gasteiger charge is -2.14. The van der Waals surface area contributed by atoms with Crippen LogP contribution < -0.4 is 15.4 Å². The summed E-state index contributed by atoms with van der Waals surface area (Å²) in [4.78, 5) is 24.5. The third-order valence-corrected chi connectivity index (χ3v) is 3.80. The van der Waals surface area contributed by atoms with Gasteiger partial charge in [0, 0.05) is 16.8 Å². The summed E-state index contributed by atoms with van der Waals surface area (Å²) in [6, 6.07) is 19.8. The van der Waals surface area contributed by atoms with Crippen molar-refractivity contribution in [2.75, 3.05) is 10.6 Å². The highest BCUT2D eigenvalue weighted by atomic mass is 19.4. The van der Waals surface area contributed by atoms with Gasteiger partial charge in [0.05, 0.1) is 5.69 Å². The maximum absolute atomic E-state index is 12.5. The van der Waals surface area contributed by atoms with Crippen LogP contribution >= 0.6 is 0 Å². The van der Waals surface area contributed by atoms with Crippen molar-refractivity contribution in [1.82, 2.24) is 0 Å². The Bertz CT molecular complexity index is 1000. The van der Waals surface area contributed by atoms with Crippen molar-refractivity contribution >= 4 is 23.2 Å². The van der Waals surface area contributed by atoms with Crippen molar-refractivity contribution in [3.8, 4) is 5.75 Å². The van der Waals surface area contributed by atoms with Gasteiger partial charge in [-0.3, -0.25) is 9.59 Å². The molecule has 0 saturated carbocycles. The number of benzene rings is 3. The van der Waals surface area contributed by atoms with E-state index in [1.165, 1.54) is 42.5 Å². The maximum Gasteiger partial charge on any atom is 0.573 e. The molecule has 0 radical (unpaired) electrons. The van der Waals surface area contributed by atoms with E-state index in [1.807, 2.05) is 0 Å². The molecule has 0 unspecified atom stereocenters. The molecule has 2 N–H and O–H groups in total. The van der Waals surface area contributed by atoms with E-state index < -0.39 is 18.0 Å². The Hall–Kier alpha value is -3.81. The minimum Gasteiger partial charge on any atom is -0.404 e. The van der Waals surface area contributed by atoms with Gasteiger partial charge in [-0.2, -0.15) is 0 Å². The minimum atomic E-state index is -4.88. The SMILES string of the molecule is O=C(Nc1ccc(C(=O)Nc2ccccc2OC(F)(F)F)cc1)c1ccccc1. The van der Waals surface area contributed by atoms with Gasteiger partial charge in [-0.05, 0) is 48.5 Å². The van der Waals surface area contributed by atoms with Gasteiger partial charge in [-0.25, -0.2) is 0 Å². The van der Waals surface area contributed by atoms with Crippen molar-refractivity contribution in [3.05, 3.63) is 90.0 Å². The minimum absolute atomic E-state index is 0.115. The first-order chi connectivity index (χ1) is 13.8. The molecule has 0 aliphatic rings. The summed E-state index contributed by atoms with van der Waals surface area (Å²) < 4.78 is 41.4. The quantitative estimate of drug-likeness (QED) is 0.627. The van der Waals surface area contributed by atoms with Crippen LogP contribution in [-0.2, 0) is 0 Å². The lowest BCUT2D eigenvalue weighted by Crippen LogP contribution is -2.19. The molecule has 0 bridgehead atoms. The zero-order chi connectivity index (χ0) is 20.9. The molecule has 0 saturated heterocycles. The molecule has 0 aliphatic heterocycles. The van der Waals surface area contributed by atoms with Crippen molar-refractivity contribution in [2.45, 2.75) is 6.36 Å². The Morgan fingerprint density at radius 1 is 0.690 bits per heavy atom. The van der Waals surface area contributed by atoms with Crippen LogP contribution in [0.1, 0.15) is 20.7 Å². The van der Waals surface area contributed by atoms with E-state index in [0.29, 0.717) is 11.3 Å². The first-order valence-electron chi connectivity index (χ1n) is 8.44. The Balaban J connectivity index is 1.68. The van der Waals surface area contributed by atoms with E-state index in [2.05, 4.69) is 15.4 Å². The van der Waals surface area contributed by atoms with E-state index in [-0.39, 0.29) is 17.2 Å². The fourth-order valence-corrected chi connectivity index (χ4v) is 2.48. The fourth-order valence-electron chi connectivity index (χ4n) is 2.48. The third kappa shape index (κ3) is 5.58. The number of carbonyl (C=O) groups is 2. The van der Waals surface area contributed by atoms with Crippen molar-refractivity contribution in [1.29, 1.82) is 0 Å². The largest absolute Gasteiger partial charge is 0.573 e. The lowest BCUT2D eigenvalue weighted by molar-refractivity contribution is -0.274. The van der Waals surface area contributed by atoms with Crippen molar-refractivity contribution < 1.29 is 27.5 Å². The number of rotatable bonds is 5. The first-order valence-corrected chi connectivity index (χ1v) is 8.44. The number of nitrogens with one attached hydrogen (secondary N) is 2. The molecule has 5 nitrogen and oxygen atoms in total. The number of hydrogen-bond acceptors (Lipinski definition) is 3. The highest BCUT2D eigenvalue weighted by molar-refractivity contribution is 6.06. The predicted octanol–water partition coefficient (Wildman–Crippen LogP) is 5.09. The van der Waals surface area contributed by atoms with Crippen LogP contribution in [0.25, 0.3) is 0 Å². The summed E-state index contributed by atoms with van der Waals surface area (Å²) in [7, 11) is 0. The molecule has 0 spiro atoms. The molecule has 3 rings (SSSR count). The molecule has 148 valence electrons. The second kappa shape index (κ2) is 8.47. The average Bonchev–Trinajstić information content (AvgIpc) is 2.69. The molecule has 0 fully saturated rings. The summed E-state index contributed by atoms with van der Waals surface area (Å²) in [5.41, 5.74) is 1.03. The smallest absolute Gasteiger partial charge is 0.404 e. The molecule has 0 aromatic heterocycles. The molecule has 3 aromatic rings. The zero-order valence-electron chi connectivity index (χ0n) is 14.9. The number of alkyl halides is 3. The van der Waals surface area contributed by atoms with Gasteiger partial charge in [0.2, 0.25) is 0 Å². The highest BCUT2D eigenvalue weighted by Gasteiger charge is 2.32. The van der Waals surface area contributed by atoms with Gasteiger partial charge in [-0.15, -0.1) is 13.2 Å². The maximum atomic E-state index is 12.5. The Morgan fingerprint density at radius 3 is 1.90 bits per heavy atom. The molecular formula is C21H15F3N2O3.